The maximum Gasteiger partial charge on any atom is -0.0132 e. The highest BCUT2D eigenvalue weighted by Crippen LogP contribution is 2.21. The molecule has 2 aromatic rings. The number of unbranched alkanes of at least 4 members (excludes halogenated alkanes) is 7. The second kappa shape index (κ2) is 68.2. The molecule has 0 aliphatic heterocycles. The Morgan fingerprint density at radius 3 is 0.780 bits per heavy atom. The molecule has 0 aromatic heterocycles. The third-order valence-electron chi connectivity index (χ3n) is 6.91. The van der Waals surface area contributed by atoms with E-state index in [1.54, 1.807) is 0 Å². The smallest absolute Gasteiger partial charge is 0.0132 e. The molecule has 0 unspecified atom stereocenters. The summed E-state index contributed by atoms with van der Waals surface area (Å²) in [7, 11) is 0. The fourth-order valence-corrected chi connectivity index (χ4v) is 2.62. The van der Waals surface area contributed by atoms with E-state index in [-0.39, 0.29) is 12.8 Å². The maximum absolute atomic E-state index is 2.25. The van der Waals surface area contributed by atoms with Crippen LogP contribution in [0.5, 0.6) is 0 Å². The lowest BCUT2D eigenvalue weighted by atomic mass is 9.87. The lowest BCUT2D eigenvalue weighted by Crippen LogP contribution is -2.10. The Hall–Kier alpha value is -1.56. The highest BCUT2D eigenvalue weighted by Gasteiger charge is 2.11. The first-order valence-corrected chi connectivity index (χ1v) is 24.9. The zero-order chi connectivity index (χ0) is 48.0. The van der Waals surface area contributed by atoms with Gasteiger partial charge in [-0.15, -0.1) is 0 Å². The molecule has 0 spiro atoms. The van der Waals surface area contributed by atoms with Crippen LogP contribution in [0.2, 0.25) is 0 Å². The number of benzene rings is 2. The van der Waals surface area contributed by atoms with Crippen LogP contribution in [-0.4, -0.2) is 0 Å². The summed E-state index contributed by atoms with van der Waals surface area (Å²) in [5.74, 6) is 2.60. The van der Waals surface area contributed by atoms with E-state index < -0.39 is 0 Å². The molecule has 0 N–H and O–H groups in total. The van der Waals surface area contributed by atoms with Crippen LogP contribution in [0.15, 0.2) is 54.6 Å². The van der Waals surface area contributed by atoms with E-state index in [0.717, 1.165) is 17.8 Å². The van der Waals surface area contributed by atoms with Gasteiger partial charge in [0, 0.05) is 0 Å². The molecule has 0 atom stereocenters. The minimum atomic E-state index is 0. The third kappa shape index (κ3) is 150. The molecule has 2 aromatic carbocycles. The molecule has 0 saturated heterocycles. The first kappa shape index (κ1) is 81.3. The van der Waals surface area contributed by atoms with Gasteiger partial charge in [-0.3, -0.25) is 0 Å². The van der Waals surface area contributed by atoms with Crippen molar-refractivity contribution >= 4 is 0 Å². The Bertz CT molecular complexity index is 815. The first-order chi connectivity index (χ1) is 26.8. The molecule has 0 aliphatic rings. The van der Waals surface area contributed by atoms with Gasteiger partial charge in [-0.2, -0.15) is 0 Å². The van der Waals surface area contributed by atoms with Crippen molar-refractivity contribution in [1.82, 2.24) is 0 Å². The molecular weight excluding hydrogens is 709 g/mol. The van der Waals surface area contributed by atoms with Crippen LogP contribution in [0.25, 0.3) is 0 Å². The van der Waals surface area contributed by atoms with Crippen molar-refractivity contribution in [3.8, 4) is 0 Å². The highest BCUT2D eigenvalue weighted by molar-refractivity contribution is 5.26. The molecule has 0 bridgehead atoms. The summed E-state index contributed by atoms with van der Waals surface area (Å²) in [6.07, 6.45) is 17.6. The first-order valence-electron chi connectivity index (χ1n) is 24.9. The van der Waals surface area contributed by atoms with Gasteiger partial charge in [0.05, 0.1) is 0 Å². The van der Waals surface area contributed by atoms with Crippen molar-refractivity contribution in [2.45, 2.75) is 290 Å². The lowest BCUT2D eigenvalue weighted by Gasteiger charge is -2.18. The van der Waals surface area contributed by atoms with Gasteiger partial charge in [-0.25, -0.2) is 0 Å². The summed E-state index contributed by atoms with van der Waals surface area (Å²) in [5, 5.41) is 0. The summed E-state index contributed by atoms with van der Waals surface area (Å²) in [4.78, 5) is 0. The minimum absolute atomic E-state index is 0. The van der Waals surface area contributed by atoms with Crippen molar-refractivity contribution in [1.29, 1.82) is 0 Å². The number of hydrogen-bond donors (Lipinski definition) is 0. The van der Waals surface area contributed by atoms with E-state index in [0.29, 0.717) is 5.41 Å². The second-order valence-electron chi connectivity index (χ2n) is 19.2. The molecule has 0 heterocycles. The zero-order valence-corrected chi connectivity index (χ0v) is 46.6. The average molecular weight is 836 g/mol. The minimum Gasteiger partial charge on any atom is -0.0776 e. The maximum atomic E-state index is 2.25. The third-order valence-corrected chi connectivity index (χ3v) is 6.91. The number of rotatable bonds is 9. The molecule has 362 valence electrons. The van der Waals surface area contributed by atoms with E-state index in [4.69, 9.17) is 0 Å². The standard InChI is InChI=1S/C11H16.C7H8.C7H16.4C5H12.2C4H10.C3H8.C2H6.CH4/c1-9-5-7-10(8-6-9)11(2,3)4;1-7-5-3-2-4-6-7;1-3-5-7-6-4-2;1-5(2,3)4;2*1-4-5(2)3;1-3-5-4-2;1-4(2)3;1-3-4-2;1-3-2;1-2;/h5-8H,1-4H3;2-6H,1H3;3-7H2,1-2H3;1-4H3;2*5H,4H2,1-3H3;3-5H2,1-2H3;4H,1-3H3;3-4H2,1-2H3;3H2,1-2H3;1-2H3;1H4. The molecular formula is C59H126. The summed E-state index contributed by atoms with van der Waals surface area (Å²) in [5.41, 5.74) is 4.84. The van der Waals surface area contributed by atoms with Gasteiger partial charge in [0.2, 0.25) is 0 Å². The van der Waals surface area contributed by atoms with Crippen molar-refractivity contribution in [3.05, 3.63) is 71.3 Å². The average Bonchev–Trinajstić information content (AvgIpc) is 3.14. The Labute approximate surface area is 383 Å². The summed E-state index contributed by atoms with van der Waals surface area (Å²) >= 11 is 0. The van der Waals surface area contributed by atoms with Crippen LogP contribution < -0.4 is 0 Å². The fourth-order valence-electron chi connectivity index (χ4n) is 2.62. The summed E-state index contributed by atoms with van der Waals surface area (Å²) < 4.78 is 0. The summed E-state index contributed by atoms with van der Waals surface area (Å²) in [6.45, 7) is 61.0. The molecule has 59 heavy (non-hydrogen) atoms. The van der Waals surface area contributed by atoms with Crippen LogP contribution in [0.4, 0.5) is 0 Å². The predicted molar refractivity (Wildman–Crippen MR) is 291 cm³/mol. The highest BCUT2D eigenvalue weighted by atomic mass is 14.2. The fraction of sp³-hybridized carbons (Fsp3) is 0.797. The van der Waals surface area contributed by atoms with Crippen LogP contribution >= 0.6 is 0 Å². The van der Waals surface area contributed by atoms with Gasteiger partial charge in [-0.05, 0) is 48.0 Å². The normalized spacial score (nSPS) is 9.20. The Morgan fingerprint density at radius 2 is 0.644 bits per heavy atom. The van der Waals surface area contributed by atoms with Gasteiger partial charge in [0.1, 0.15) is 0 Å². The van der Waals surface area contributed by atoms with Gasteiger partial charge >= 0.3 is 0 Å². The van der Waals surface area contributed by atoms with Gasteiger partial charge < -0.3 is 0 Å². The molecule has 0 amide bonds. The number of hydrogen-bond acceptors (Lipinski definition) is 0. The largest absolute Gasteiger partial charge is 0.0776 e. The van der Waals surface area contributed by atoms with E-state index >= 15 is 0 Å². The molecule has 0 heteroatoms. The summed E-state index contributed by atoms with van der Waals surface area (Å²) in [6, 6.07) is 19.0. The molecule has 0 fully saturated rings. The van der Waals surface area contributed by atoms with Crippen molar-refractivity contribution in [3.63, 3.8) is 0 Å². The topological polar surface area (TPSA) is 0 Å². The van der Waals surface area contributed by atoms with Crippen molar-refractivity contribution < 1.29 is 0 Å². The van der Waals surface area contributed by atoms with Crippen LogP contribution in [0.3, 0.4) is 0 Å². The molecule has 0 nitrogen and oxygen atoms in total. The number of aryl methyl sites for hydroxylation is 2. The molecule has 0 aliphatic carbocycles. The monoisotopic (exact) mass is 835 g/mol. The molecule has 0 saturated carbocycles. The SMILES string of the molecule is C.CC.CC(C)(C)C.CC(C)C.CCC.CCC(C)C.CCC(C)C.CCCC.CCCCC.CCCCCCC.Cc1ccc(C(C)(C)C)cc1.Cc1ccccc1. The Kier molecular flexibility index (Phi) is 94.0. The van der Waals surface area contributed by atoms with Crippen LogP contribution in [-0.2, 0) is 5.41 Å². The molecule has 2 rings (SSSR count). The van der Waals surface area contributed by atoms with E-state index in [1.807, 2.05) is 32.0 Å². The van der Waals surface area contributed by atoms with Crippen LogP contribution in [0.1, 0.15) is 288 Å². The lowest BCUT2D eigenvalue weighted by molar-refractivity contribution is 0.469. The van der Waals surface area contributed by atoms with Gasteiger partial charge in [-0.1, -0.05) is 337 Å². The van der Waals surface area contributed by atoms with Crippen molar-refractivity contribution in [2.24, 2.45) is 23.2 Å². The second-order valence-corrected chi connectivity index (χ2v) is 19.2. The van der Waals surface area contributed by atoms with E-state index in [9.17, 15) is 0 Å². The van der Waals surface area contributed by atoms with E-state index in [2.05, 4.69) is 216 Å². The van der Waals surface area contributed by atoms with Crippen molar-refractivity contribution in [2.75, 3.05) is 0 Å². The zero-order valence-electron chi connectivity index (χ0n) is 46.6. The molecule has 0 radical (unpaired) electrons. The van der Waals surface area contributed by atoms with Crippen LogP contribution in [0, 0.1) is 37.0 Å². The van der Waals surface area contributed by atoms with Gasteiger partial charge in [0.25, 0.3) is 0 Å². The van der Waals surface area contributed by atoms with E-state index in [1.165, 1.54) is 100 Å². The van der Waals surface area contributed by atoms with Gasteiger partial charge in [0.15, 0.2) is 0 Å². The Morgan fingerprint density at radius 1 is 0.407 bits per heavy atom. The Balaban J connectivity index is -0.0000000574. The quantitative estimate of drug-likeness (QED) is 0.221. The predicted octanol–water partition coefficient (Wildman–Crippen LogP) is 23.2.